The lowest BCUT2D eigenvalue weighted by molar-refractivity contribution is 0.0941. The maximum atomic E-state index is 13.1. The summed E-state index contributed by atoms with van der Waals surface area (Å²) in [5, 5.41) is 0.974. The fraction of sp³-hybridized carbons (Fsp3) is 0.548. The van der Waals surface area contributed by atoms with Crippen LogP contribution in [0.1, 0.15) is 73.0 Å². The molecule has 6 rings (SSSR count). The summed E-state index contributed by atoms with van der Waals surface area (Å²) >= 11 is 0. The van der Waals surface area contributed by atoms with E-state index in [4.69, 9.17) is 9.47 Å². The summed E-state index contributed by atoms with van der Waals surface area (Å²) in [6.45, 7) is 3.70. The number of hydrogen-bond donors (Lipinski definition) is 0. The molecule has 7 nitrogen and oxygen atoms in total. The molecule has 3 aliphatic rings. The van der Waals surface area contributed by atoms with E-state index in [1.54, 1.807) is 13.3 Å². The van der Waals surface area contributed by atoms with Crippen molar-refractivity contribution in [3.63, 3.8) is 0 Å². The van der Waals surface area contributed by atoms with E-state index in [0.717, 1.165) is 85.0 Å². The third-order valence-corrected chi connectivity index (χ3v) is 8.66. The van der Waals surface area contributed by atoms with Gasteiger partial charge in [0, 0.05) is 43.1 Å². The number of hydrogen-bond acceptors (Lipinski definition) is 7. The van der Waals surface area contributed by atoms with E-state index in [9.17, 15) is 4.79 Å². The summed E-state index contributed by atoms with van der Waals surface area (Å²) < 4.78 is 11.5. The first-order valence-corrected chi connectivity index (χ1v) is 14.3. The van der Waals surface area contributed by atoms with Gasteiger partial charge < -0.3 is 9.47 Å². The maximum absolute atomic E-state index is 13.1. The van der Waals surface area contributed by atoms with Gasteiger partial charge >= 0.3 is 6.01 Å². The van der Waals surface area contributed by atoms with Gasteiger partial charge in [-0.05, 0) is 68.5 Å². The number of benzene rings is 1. The molecule has 3 aromatic rings. The van der Waals surface area contributed by atoms with Crippen molar-refractivity contribution in [2.75, 3.05) is 26.8 Å². The van der Waals surface area contributed by atoms with Gasteiger partial charge in [0.2, 0.25) is 5.88 Å². The standard InChI is InChI=1S/C31H38N4O3/c1-37-31-33-28-14-17-35(19-26(28)30(34-31)38-20-23-11-12-23)16-13-21-7-9-22(10-8-21)18-29(36)25-4-2-6-27-24(25)5-3-15-32-27/h2-6,15,21-23H,7-14,16-20H2,1H3. The number of fused-ring (bicyclic) bond motifs is 2. The van der Waals surface area contributed by atoms with Crippen LogP contribution in [0.15, 0.2) is 36.5 Å². The third-order valence-electron chi connectivity index (χ3n) is 8.66. The zero-order valence-electron chi connectivity index (χ0n) is 22.4. The Bertz CT molecular complexity index is 1280. The molecule has 2 aromatic heterocycles. The molecular formula is C31H38N4O3. The van der Waals surface area contributed by atoms with Gasteiger partial charge in [0.1, 0.15) is 0 Å². The van der Waals surface area contributed by atoms with Gasteiger partial charge in [-0.3, -0.25) is 14.7 Å². The molecule has 0 spiro atoms. The van der Waals surface area contributed by atoms with E-state index < -0.39 is 0 Å². The molecular weight excluding hydrogens is 476 g/mol. The van der Waals surface area contributed by atoms with E-state index >= 15 is 0 Å². The first kappa shape index (κ1) is 25.2. The van der Waals surface area contributed by atoms with Crippen molar-refractivity contribution in [2.45, 2.75) is 64.3 Å². The smallest absolute Gasteiger partial charge is 0.319 e. The van der Waals surface area contributed by atoms with Crippen LogP contribution in [0.4, 0.5) is 0 Å². The van der Waals surface area contributed by atoms with Crippen molar-refractivity contribution in [3.8, 4) is 11.9 Å². The second-order valence-electron chi connectivity index (χ2n) is 11.4. The summed E-state index contributed by atoms with van der Waals surface area (Å²) in [4.78, 5) is 29.2. The molecule has 3 heterocycles. The molecule has 0 bridgehead atoms. The van der Waals surface area contributed by atoms with Crippen LogP contribution in [-0.4, -0.2) is 52.4 Å². The Morgan fingerprint density at radius 1 is 1.00 bits per heavy atom. The summed E-state index contributed by atoms with van der Waals surface area (Å²) in [5.74, 6) is 2.89. The number of carbonyl (C=O) groups is 1. The average molecular weight is 515 g/mol. The van der Waals surface area contributed by atoms with E-state index in [0.29, 0.717) is 24.3 Å². The Morgan fingerprint density at radius 2 is 1.82 bits per heavy atom. The molecule has 7 heteroatoms. The number of ketones is 1. The molecule has 0 atom stereocenters. The minimum absolute atomic E-state index is 0.262. The molecule has 200 valence electrons. The van der Waals surface area contributed by atoms with Crippen molar-refractivity contribution >= 4 is 16.7 Å². The fourth-order valence-electron chi connectivity index (χ4n) is 6.11. The summed E-state index contributed by atoms with van der Waals surface area (Å²) in [7, 11) is 1.62. The number of methoxy groups -OCH3 is 1. The highest BCUT2D eigenvalue weighted by Crippen LogP contribution is 2.35. The van der Waals surface area contributed by atoms with Crippen LogP contribution in [0.3, 0.4) is 0 Å². The van der Waals surface area contributed by atoms with Crippen LogP contribution in [0, 0.1) is 17.8 Å². The predicted molar refractivity (Wildman–Crippen MR) is 147 cm³/mol. The third kappa shape index (κ3) is 5.83. The van der Waals surface area contributed by atoms with E-state index in [1.165, 1.54) is 32.1 Å². The van der Waals surface area contributed by atoms with E-state index in [1.807, 2.05) is 30.3 Å². The van der Waals surface area contributed by atoms with Gasteiger partial charge in [0.25, 0.3) is 0 Å². The average Bonchev–Trinajstić information content (AvgIpc) is 3.79. The number of carbonyl (C=O) groups excluding carboxylic acids is 1. The van der Waals surface area contributed by atoms with Gasteiger partial charge in [-0.1, -0.05) is 31.0 Å². The highest BCUT2D eigenvalue weighted by Gasteiger charge is 2.28. The molecule has 38 heavy (non-hydrogen) atoms. The first-order chi connectivity index (χ1) is 18.7. The molecule has 0 saturated heterocycles. The number of Topliss-reactive ketones (excluding diaryl/α,β-unsaturated/α-hetero) is 1. The van der Waals surface area contributed by atoms with Crippen molar-refractivity contribution in [1.82, 2.24) is 19.9 Å². The van der Waals surface area contributed by atoms with Gasteiger partial charge in [0.15, 0.2) is 5.78 Å². The van der Waals surface area contributed by atoms with Gasteiger partial charge in [-0.2, -0.15) is 9.97 Å². The number of rotatable bonds is 10. The summed E-state index contributed by atoms with van der Waals surface area (Å²) in [6, 6.07) is 10.2. The number of ether oxygens (including phenoxy) is 2. The van der Waals surface area contributed by atoms with Gasteiger partial charge in [-0.15, -0.1) is 0 Å². The minimum Gasteiger partial charge on any atom is -0.477 e. The lowest BCUT2D eigenvalue weighted by Gasteiger charge is -2.32. The van der Waals surface area contributed by atoms with Crippen molar-refractivity contribution < 1.29 is 14.3 Å². The van der Waals surface area contributed by atoms with E-state index in [-0.39, 0.29) is 5.78 Å². The molecule has 0 unspecified atom stereocenters. The summed E-state index contributed by atoms with van der Waals surface area (Å²) in [5.41, 5.74) is 3.94. The Kier molecular flexibility index (Phi) is 7.54. The lowest BCUT2D eigenvalue weighted by Crippen LogP contribution is -2.34. The molecule has 1 aromatic carbocycles. The second-order valence-corrected chi connectivity index (χ2v) is 11.4. The Morgan fingerprint density at radius 3 is 2.63 bits per heavy atom. The number of aromatic nitrogens is 3. The largest absolute Gasteiger partial charge is 0.477 e. The predicted octanol–water partition coefficient (Wildman–Crippen LogP) is 5.65. The lowest BCUT2D eigenvalue weighted by atomic mass is 9.78. The highest BCUT2D eigenvalue weighted by molar-refractivity contribution is 6.07. The maximum Gasteiger partial charge on any atom is 0.319 e. The molecule has 0 N–H and O–H groups in total. The molecule has 2 saturated carbocycles. The SMILES string of the molecule is COc1nc2c(c(OCC3CC3)n1)CN(CCC1CCC(CC(=O)c3cccc4ncccc34)CC1)CC2. The van der Waals surface area contributed by atoms with Crippen LogP contribution in [-0.2, 0) is 13.0 Å². The van der Waals surface area contributed by atoms with Crippen LogP contribution in [0.5, 0.6) is 11.9 Å². The molecule has 1 aliphatic heterocycles. The molecule has 2 aliphatic carbocycles. The monoisotopic (exact) mass is 514 g/mol. The van der Waals surface area contributed by atoms with Crippen molar-refractivity contribution in [1.29, 1.82) is 0 Å². The van der Waals surface area contributed by atoms with E-state index in [2.05, 4.69) is 19.9 Å². The fourth-order valence-corrected chi connectivity index (χ4v) is 6.11. The van der Waals surface area contributed by atoms with Gasteiger partial charge in [-0.25, -0.2) is 0 Å². The van der Waals surface area contributed by atoms with Crippen LogP contribution in [0.2, 0.25) is 0 Å². The molecule has 0 amide bonds. The Hall–Kier alpha value is -3.06. The van der Waals surface area contributed by atoms with Crippen LogP contribution in [0.25, 0.3) is 10.9 Å². The number of nitrogens with zero attached hydrogens (tertiary/aromatic N) is 4. The number of pyridine rings is 1. The first-order valence-electron chi connectivity index (χ1n) is 14.3. The summed E-state index contributed by atoms with van der Waals surface area (Å²) in [6.07, 6.45) is 11.8. The normalized spacial score (nSPS) is 21.7. The van der Waals surface area contributed by atoms with Crippen molar-refractivity contribution in [3.05, 3.63) is 53.3 Å². The zero-order chi connectivity index (χ0) is 25.9. The Balaban J connectivity index is 0.993. The Labute approximate surface area is 225 Å². The quantitative estimate of drug-likeness (QED) is 0.324. The topological polar surface area (TPSA) is 77.4 Å². The molecule has 0 radical (unpaired) electrons. The van der Waals surface area contributed by atoms with Crippen LogP contribution < -0.4 is 9.47 Å². The molecule has 2 fully saturated rings. The van der Waals surface area contributed by atoms with Crippen LogP contribution >= 0.6 is 0 Å². The zero-order valence-corrected chi connectivity index (χ0v) is 22.4. The highest BCUT2D eigenvalue weighted by atomic mass is 16.5. The van der Waals surface area contributed by atoms with Gasteiger partial charge in [0.05, 0.1) is 30.5 Å². The minimum atomic E-state index is 0.262. The second kappa shape index (κ2) is 11.4. The van der Waals surface area contributed by atoms with Crippen molar-refractivity contribution in [2.24, 2.45) is 17.8 Å².